The Morgan fingerprint density at radius 1 is 1.62 bits per heavy atom. The number of nitrogens with zero attached hydrogens (tertiary/aromatic N) is 1. The number of hydrogen-bond donors (Lipinski definition) is 0. The van der Waals surface area contributed by atoms with Gasteiger partial charge in [-0.2, -0.15) is 0 Å². The van der Waals surface area contributed by atoms with Crippen molar-refractivity contribution in [3.8, 4) is 5.75 Å². The Kier molecular flexibility index (Phi) is 3.51. The van der Waals surface area contributed by atoms with E-state index in [9.17, 15) is 4.79 Å². The predicted octanol–water partition coefficient (Wildman–Crippen LogP) is 1.62. The standard InChI is InChI=1S/C12H15NO3/c1-9-2-3-12(11(6-14)13-9)16-8-10-4-5-15-7-10/h2-3,6,10H,4-5,7-8H2,1H3. The number of carbonyl (C=O) groups excluding carboxylic acids is 1. The number of carbonyl (C=O) groups is 1. The fourth-order valence-corrected chi connectivity index (χ4v) is 1.69. The van der Waals surface area contributed by atoms with Crippen molar-refractivity contribution in [3.63, 3.8) is 0 Å². The molecule has 1 aromatic heterocycles. The van der Waals surface area contributed by atoms with E-state index in [4.69, 9.17) is 9.47 Å². The third-order valence-electron chi connectivity index (χ3n) is 2.64. The normalized spacial score (nSPS) is 19.7. The molecule has 1 unspecified atom stereocenters. The first-order valence-corrected chi connectivity index (χ1v) is 5.43. The summed E-state index contributed by atoms with van der Waals surface area (Å²) in [4.78, 5) is 14.9. The molecular formula is C12H15NO3. The highest BCUT2D eigenvalue weighted by molar-refractivity contribution is 5.76. The van der Waals surface area contributed by atoms with Crippen LogP contribution in [0.5, 0.6) is 5.75 Å². The summed E-state index contributed by atoms with van der Waals surface area (Å²) in [5.74, 6) is 0.994. The van der Waals surface area contributed by atoms with E-state index in [0.29, 0.717) is 24.0 Å². The summed E-state index contributed by atoms with van der Waals surface area (Å²) in [7, 11) is 0. The fraction of sp³-hybridized carbons (Fsp3) is 0.500. The third kappa shape index (κ3) is 2.58. The van der Waals surface area contributed by atoms with Gasteiger partial charge in [-0.25, -0.2) is 4.98 Å². The zero-order valence-electron chi connectivity index (χ0n) is 9.31. The maximum absolute atomic E-state index is 10.8. The number of rotatable bonds is 4. The van der Waals surface area contributed by atoms with Gasteiger partial charge in [-0.3, -0.25) is 4.79 Å². The molecule has 1 atom stereocenters. The van der Waals surface area contributed by atoms with Crippen molar-refractivity contribution in [2.75, 3.05) is 19.8 Å². The number of pyridine rings is 1. The molecule has 0 aliphatic carbocycles. The molecule has 0 aromatic carbocycles. The van der Waals surface area contributed by atoms with E-state index >= 15 is 0 Å². The van der Waals surface area contributed by atoms with Crippen LogP contribution in [0.1, 0.15) is 22.6 Å². The molecule has 86 valence electrons. The van der Waals surface area contributed by atoms with Crippen molar-refractivity contribution in [1.82, 2.24) is 4.98 Å². The molecule has 4 heteroatoms. The highest BCUT2D eigenvalue weighted by Gasteiger charge is 2.17. The Morgan fingerprint density at radius 3 is 3.19 bits per heavy atom. The molecule has 0 N–H and O–H groups in total. The van der Waals surface area contributed by atoms with E-state index in [-0.39, 0.29) is 0 Å². The van der Waals surface area contributed by atoms with Crippen molar-refractivity contribution >= 4 is 6.29 Å². The lowest BCUT2D eigenvalue weighted by Gasteiger charge is -2.11. The molecule has 0 amide bonds. The van der Waals surface area contributed by atoms with Gasteiger partial charge in [0.25, 0.3) is 0 Å². The zero-order chi connectivity index (χ0) is 11.4. The molecule has 0 radical (unpaired) electrons. The lowest BCUT2D eigenvalue weighted by Crippen LogP contribution is -2.12. The quantitative estimate of drug-likeness (QED) is 0.725. The molecule has 16 heavy (non-hydrogen) atoms. The van der Waals surface area contributed by atoms with E-state index in [0.717, 1.165) is 31.6 Å². The summed E-state index contributed by atoms with van der Waals surface area (Å²) in [5.41, 5.74) is 1.19. The van der Waals surface area contributed by atoms with Gasteiger partial charge in [0.1, 0.15) is 11.4 Å². The van der Waals surface area contributed by atoms with Gasteiger partial charge in [-0.1, -0.05) is 0 Å². The highest BCUT2D eigenvalue weighted by atomic mass is 16.5. The van der Waals surface area contributed by atoms with Gasteiger partial charge < -0.3 is 9.47 Å². The Hall–Kier alpha value is -1.42. The lowest BCUT2D eigenvalue weighted by atomic mass is 10.1. The Balaban J connectivity index is 1.99. The van der Waals surface area contributed by atoms with Crippen LogP contribution in [0.2, 0.25) is 0 Å². The molecule has 1 aliphatic rings. The van der Waals surface area contributed by atoms with E-state index in [1.807, 2.05) is 13.0 Å². The molecule has 4 nitrogen and oxygen atoms in total. The number of aromatic nitrogens is 1. The van der Waals surface area contributed by atoms with Crippen LogP contribution >= 0.6 is 0 Å². The van der Waals surface area contributed by atoms with E-state index in [1.165, 1.54) is 0 Å². The first kappa shape index (κ1) is 11.1. The Bertz CT molecular complexity index is 373. The largest absolute Gasteiger partial charge is 0.491 e. The van der Waals surface area contributed by atoms with Gasteiger partial charge in [-0.05, 0) is 25.5 Å². The van der Waals surface area contributed by atoms with Crippen LogP contribution in [-0.2, 0) is 4.74 Å². The predicted molar refractivity (Wildman–Crippen MR) is 58.8 cm³/mol. The second kappa shape index (κ2) is 5.07. The van der Waals surface area contributed by atoms with Crippen LogP contribution in [0.3, 0.4) is 0 Å². The van der Waals surface area contributed by atoms with Crippen molar-refractivity contribution in [1.29, 1.82) is 0 Å². The molecule has 2 heterocycles. The van der Waals surface area contributed by atoms with Gasteiger partial charge in [0.2, 0.25) is 0 Å². The summed E-state index contributed by atoms with van der Waals surface area (Å²) in [6.07, 6.45) is 1.75. The van der Waals surface area contributed by atoms with Crippen molar-refractivity contribution in [3.05, 3.63) is 23.5 Å². The molecule has 2 rings (SSSR count). The number of aldehydes is 1. The molecule has 0 bridgehead atoms. The van der Waals surface area contributed by atoms with Crippen LogP contribution in [-0.4, -0.2) is 31.1 Å². The number of ether oxygens (including phenoxy) is 2. The molecular weight excluding hydrogens is 206 g/mol. The maximum atomic E-state index is 10.8. The number of hydrogen-bond acceptors (Lipinski definition) is 4. The molecule has 1 aliphatic heterocycles. The van der Waals surface area contributed by atoms with Crippen LogP contribution in [0.15, 0.2) is 12.1 Å². The molecule has 1 aromatic rings. The smallest absolute Gasteiger partial charge is 0.172 e. The first-order chi connectivity index (χ1) is 7.79. The van der Waals surface area contributed by atoms with Gasteiger partial charge in [0.05, 0.1) is 13.2 Å². The van der Waals surface area contributed by atoms with Crippen LogP contribution < -0.4 is 4.74 Å². The van der Waals surface area contributed by atoms with Gasteiger partial charge >= 0.3 is 0 Å². The summed E-state index contributed by atoms with van der Waals surface area (Å²) in [6, 6.07) is 3.63. The molecule has 0 saturated carbocycles. The minimum atomic E-state index is 0.374. The monoisotopic (exact) mass is 221 g/mol. The Morgan fingerprint density at radius 2 is 2.50 bits per heavy atom. The van der Waals surface area contributed by atoms with Crippen molar-refractivity contribution < 1.29 is 14.3 Å². The fourth-order valence-electron chi connectivity index (χ4n) is 1.69. The second-order valence-electron chi connectivity index (χ2n) is 3.99. The molecule has 0 spiro atoms. The number of aryl methyl sites for hydroxylation is 1. The molecule has 1 fully saturated rings. The summed E-state index contributed by atoms with van der Waals surface area (Å²) < 4.78 is 10.8. The third-order valence-corrected chi connectivity index (χ3v) is 2.64. The van der Waals surface area contributed by atoms with E-state index in [2.05, 4.69) is 4.98 Å². The molecule has 1 saturated heterocycles. The van der Waals surface area contributed by atoms with Gasteiger partial charge in [0.15, 0.2) is 6.29 Å². The van der Waals surface area contributed by atoms with Crippen LogP contribution in [0.25, 0.3) is 0 Å². The summed E-state index contributed by atoms with van der Waals surface area (Å²) in [5, 5.41) is 0. The van der Waals surface area contributed by atoms with Crippen molar-refractivity contribution in [2.24, 2.45) is 5.92 Å². The minimum Gasteiger partial charge on any atom is -0.491 e. The summed E-state index contributed by atoms with van der Waals surface area (Å²) in [6.45, 7) is 3.99. The summed E-state index contributed by atoms with van der Waals surface area (Å²) >= 11 is 0. The van der Waals surface area contributed by atoms with Crippen LogP contribution in [0, 0.1) is 12.8 Å². The lowest BCUT2D eigenvalue weighted by molar-refractivity contribution is 0.111. The Labute approximate surface area is 94.6 Å². The van der Waals surface area contributed by atoms with E-state index in [1.54, 1.807) is 6.07 Å². The topological polar surface area (TPSA) is 48.4 Å². The van der Waals surface area contributed by atoms with Gasteiger partial charge in [-0.15, -0.1) is 0 Å². The van der Waals surface area contributed by atoms with Crippen molar-refractivity contribution in [2.45, 2.75) is 13.3 Å². The zero-order valence-corrected chi connectivity index (χ0v) is 9.31. The average molecular weight is 221 g/mol. The van der Waals surface area contributed by atoms with Gasteiger partial charge in [0, 0.05) is 18.2 Å². The SMILES string of the molecule is Cc1ccc(OCC2CCOC2)c(C=O)n1. The first-order valence-electron chi connectivity index (χ1n) is 5.43. The van der Waals surface area contributed by atoms with E-state index < -0.39 is 0 Å². The second-order valence-corrected chi connectivity index (χ2v) is 3.99. The van der Waals surface area contributed by atoms with Crippen LogP contribution in [0.4, 0.5) is 0 Å². The average Bonchev–Trinajstić information content (AvgIpc) is 2.80. The highest BCUT2D eigenvalue weighted by Crippen LogP contribution is 2.18. The minimum absolute atomic E-state index is 0.374. The maximum Gasteiger partial charge on any atom is 0.172 e.